The first-order valence-corrected chi connectivity index (χ1v) is 36.9. The molecule has 18 aromatic rings. The number of rotatable bonds is 9. The lowest BCUT2D eigenvalue weighted by atomic mass is 9.30. The first-order valence-electron chi connectivity index (χ1n) is 34.4. The van der Waals surface area contributed by atoms with E-state index in [1.165, 1.54) is 82.4 Å². The molecule has 0 N–H and O–H groups in total. The van der Waals surface area contributed by atoms with E-state index in [1.54, 1.807) is 0 Å². The van der Waals surface area contributed by atoms with E-state index < -0.39 is 0 Å². The van der Waals surface area contributed by atoms with Gasteiger partial charge in [0.1, 0.15) is 11.5 Å². The van der Waals surface area contributed by atoms with Crippen LogP contribution in [-0.2, 0) is 0 Å². The van der Waals surface area contributed by atoms with Crippen molar-refractivity contribution in [1.29, 1.82) is 0 Å². The largest absolute Gasteiger partial charge is 0.458 e. The van der Waals surface area contributed by atoms with E-state index in [4.69, 9.17) is 4.74 Å². The van der Waals surface area contributed by atoms with Crippen LogP contribution in [0.25, 0.3) is 60.5 Å². The number of anilines is 15. The molecular formula is C90H55B2N5OS3. The van der Waals surface area contributed by atoms with E-state index in [9.17, 15) is 0 Å². The van der Waals surface area contributed by atoms with E-state index in [1.807, 2.05) is 34.0 Å². The van der Waals surface area contributed by atoms with E-state index in [-0.39, 0.29) is 13.4 Å². The molecule has 0 saturated carbocycles. The van der Waals surface area contributed by atoms with Gasteiger partial charge in [0.05, 0.1) is 33.1 Å². The molecule has 0 aliphatic carbocycles. The van der Waals surface area contributed by atoms with Gasteiger partial charge in [0, 0.05) is 125 Å². The number of hydrogen-bond donors (Lipinski definition) is 0. The molecule has 0 fully saturated rings. The summed E-state index contributed by atoms with van der Waals surface area (Å²) >= 11 is 5.59. The zero-order chi connectivity index (χ0) is 66.0. The third kappa shape index (κ3) is 8.46. The van der Waals surface area contributed by atoms with Crippen LogP contribution in [0.1, 0.15) is 0 Å². The lowest BCUT2D eigenvalue weighted by molar-refractivity contribution is 0.488. The molecule has 11 heteroatoms. The summed E-state index contributed by atoms with van der Waals surface area (Å²) in [5.74, 6) is 1.65. The third-order valence-corrected chi connectivity index (χ3v) is 24.7. The lowest BCUT2D eigenvalue weighted by Crippen LogP contribution is -2.64. The number of para-hydroxylation sites is 6. The van der Waals surface area contributed by atoms with E-state index in [0.717, 1.165) is 108 Å². The highest BCUT2D eigenvalue weighted by Gasteiger charge is 2.49. The Kier molecular flexibility index (Phi) is 12.5. The van der Waals surface area contributed by atoms with Gasteiger partial charge in [-0.1, -0.05) is 194 Å². The molecule has 22 rings (SSSR count). The maximum atomic E-state index is 8.01. The standard InChI is InChI=1S/C90H55B2N5OS3/c1-5-26-56(27-6-1)93(57-28-7-2-8-29-57)61-52-78-89-80(53-61)98-79-55-75-68(54-69(79)92(89)67-39-17-19-41-71(67)96(78)72-42-24-48-84-86(72)64-35-14-21-46-82(64)99-84)91-66-38-16-18-40-70(66)95(59-32-11-4-12-33-59)76-50-60(51-77(88(76)91)97(75)73-43-25-49-85-87(73)65-36-15-22-47-83(65)100-85)94(58-30-9-3-10-31-58)74-44-23-37-63-62-34-13-20-45-81(62)101-90(63)74/h1-55H. The molecule has 15 aromatic carbocycles. The van der Waals surface area contributed by atoms with Crippen molar-refractivity contribution in [3.8, 4) is 11.5 Å². The molecule has 0 spiro atoms. The number of fused-ring (bicyclic) bond motifs is 17. The molecule has 0 amide bonds. The average molecular weight is 1340 g/mol. The van der Waals surface area contributed by atoms with E-state index >= 15 is 0 Å². The van der Waals surface area contributed by atoms with Crippen molar-refractivity contribution >= 4 is 226 Å². The van der Waals surface area contributed by atoms with Gasteiger partial charge in [-0.25, -0.2) is 0 Å². The Morgan fingerprint density at radius 3 is 1.31 bits per heavy atom. The van der Waals surface area contributed by atoms with Crippen molar-refractivity contribution in [2.75, 3.05) is 24.5 Å². The van der Waals surface area contributed by atoms with E-state index in [2.05, 4.69) is 358 Å². The quantitative estimate of drug-likeness (QED) is 0.134. The summed E-state index contributed by atoms with van der Waals surface area (Å²) in [7, 11) is 0. The Morgan fingerprint density at radius 2 is 0.693 bits per heavy atom. The van der Waals surface area contributed by atoms with Crippen LogP contribution in [0.4, 0.5) is 85.3 Å². The van der Waals surface area contributed by atoms with Crippen LogP contribution in [0.5, 0.6) is 11.5 Å². The van der Waals surface area contributed by atoms with Crippen molar-refractivity contribution in [3.63, 3.8) is 0 Å². The van der Waals surface area contributed by atoms with Crippen LogP contribution >= 0.6 is 34.0 Å². The van der Waals surface area contributed by atoms with E-state index in [0.29, 0.717) is 0 Å². The molecule has 4 aliphatic rings. The summed E-state index contributed by atoms with van der Waals surface area (Å²) in [6.45, 7) is -0.447. The van der Waals surface area contributed by atoms with Gasteiger partial charge in [0.15, 0.2) is 0 Å². The summed E-state index contributed by atoms with van der Waals surface area (Å²) in [5, 5.41) is 7.45. The molecule has 3 aromatic heterocycles. The number of nitrogens with zero attached hydrogens (tertiary/aromatic N) is 5. The number of ether oxygens (including phenoxy) is 1. The van der Waals surface area contributed by atoms with Crippen LogP contribution in [0.2, 0.25) is 0 Å². The topological polar surface area (TPSA) is 25.4 Å². The predicted octanol–water partition coefficient (Wildman–Crippen LogP) is 22.2. The van der Waals surface area contributed by atoms with Crippen molar-refractivity contribution in [2.24, 2.45) is 0 Å². The maximum absolute atomic E-state index is 8.01. The van der Waals surface area contributed by atoms with Crippen molar-refractivity contribution in [2.45, 2.75) is 0 Å². The molecule has 0 unspecified atom stereocenters. The summed E-state index contributed by atoms with van der Waals surface area (Å²) < 4.78 is 15.5. The maximum Gasteiger partial charge on any atom is 0.256 e. The van der Waals surface area contributed by atoms with Gasteiger partial charge in [0.2, 0.25) is 0 Å². The second-order valence-corrected chi connectivity index (χ2v) is 29.8. The van der Waals surface area contributed by atoms with Crippen LogP contribution in [0, 0.1) is 0 Å². The normalized spacial score (nSPS) is 13.1. The number of thiophene rings is 3. The first kappa shape index (κ1) is 56.9. The zero-order valence-electron chi connectivity index (χ0n) is 54.3. The molecule has 101 heavy (non-hydrogen) atoms. The fourth-order valence-electron chi connectivity index (χ4n) is 17.1. The summed E-state index contributed by atoms with van der Waals surface area (Å²) in [5.41, 5.74) is 23.5. The molecule has 7 heterocycles. The molecule has 4 aliphatic heterocycles. The Hall–Kier alpha value is -12.1. The van der Waals surface area contributed by atoms with Crippen molar-refractivity contribution < 1.29 is 4.74 Å². The van der Waals surface area contributed by atoms with Crippen LogP contribution < -0.4 is 62.0 Å². The van der Waals surface area contributed by atoms with Gasteiger partial charge in [-0.2, -0.15) is 0 Å². The molecule has 0 radical (unpaired) electrons. The van der Waals surface area contributed by atoms with Gasteiger partial charge >= 0.3 is 0 Å². The Bertz CT molecular complexity index is 6420. The predicted molar refractivity (Wildman–Crippen MR) is 434 cm³/mol. The van der Waals surface area contributed by atoms with Crippen LogP contribution in [0.3, 0.4) is 0 Å². The highest BCUT2D eigenvalue weighted by atomic mass is 32.1. The van der Waals surface area contributed by atoms with Gasteiger partial charge in [-0.05, 0) is 160 Å². The minimum atomic E-state index is -0.229. The van der Waals surface area contributed by atoms with Crippen LogP contribution in [0.15, 0.2) is 334 Å². The van der Waals surface area contributed by atoms with Crippen LogP contribution in [-0.4, -0.2) is 13.4 Å². The zero-order valence-corrected chi connectivity index (χ0v) is 56.7. The highest BCUT2D eigenvalue weighted by molar-refractivity contribution is 7.27. The van der Waals surface area contributed by atoms with Crippen molar-refractivity contribution in [1.82, 2.24) is 0 Å². The van der Waals surface area contributed by atoms with Gasteiger partial charge in [-0.3, -0.25) is 0 Å². The second kappa shape index (κ2) is 22.2. The molecule has 470 valence electrons. The summed E-state index contributed by atoms with van der Waals surface area (Å²) in [6.07, 6.45) is 0. The molecule has 0 bridgehead atoms. The Morgan fingerprint density at radius 1 is 0.257 bits per heavy atom. The molecule has 0 saturated heterocycles. The smallest absolute Gasteiger partial charge is 0.256 e. The Labute approximate surface area is 596 Å². The number of benzene rings is 15. The summed E-state index contributed by atoms with van der Waals surface area (Å²) in [6, 6.07) is 124. The minimum absolute atomic E-state index is 0.218. The second-order valence-electron chi connectivity index (χ2n) is 26.6. The summed E-state index contributed by atoms with van der Waals surface area (Å²) in [4.78, 5) is 12.6. The number of hydrogen-bond acceptors (Lipinski definition) is 9. The lowest BCUT2D eigenvalue weighted by Gasteiger charge is -2.46. The molecular weight excluding hydrogens is 1280 g/mol. The third-order valence-electron chi connectivity index (χ3n) is 21.2. The Balaban J connectivity index is 0.851. The molecule has 0 atom stereocenters. The fourth-order valence-corrected chi connectivity index (χ4v) is 20.6. The molecule has 6 nitrogen and oxygen atoms in total. The first-order chi connectivity index (χ1) is 50.1. The van der Waals surface area contributed by atoms with Gasteiger partial charge < -0.3 is 29.2 Å². The SMILES string of the molecule is c1ccc(N(c2ccccc2)c2cc3c4c(c2)N(c2cccc5sc6ccccc6c25)c2ccccc2B4c2cc4c(cc2O3)N(c2cccc3sc5ccccc5c23)c2cc(N(c3ccccc3)c3cccc5c3sc3ccccc35)cc3c2B4c2ccccc2N3c2ccccc2)cc1. The van der Waals surface area contributed by atoms with Gasteiger partial charge in [-0.15, -0.1) is 34.0 Å². The highest BCUT2D eigenvalue weighted by Crippen LogP contribution is 2.55. The average Bonchev–Trinajstić information content (AvgIpc) is 0.840. The van der Waals surface area contributed by atoms with Crippen molar-refractivity contribution in [3.05, 3.63) is 334 Å². The minimum Gasteiger partial charge on any atom is -0.458 e. The monoisotopic (exact) mass is 1340 g/mol. The van der Waals surface area contributed by atoms with Gasteiger partial charge in [0.25, 0.3) is 13.4 Å². The fraction of sp³-hybridized carbons (Fsp3) is 0.